The van der Waals surface area contributed by atoms with Crippen LogP contribution in [0.5, 0.6) is 11.5 Å². The second kappa shape index (κ2) is 14.4. The number of hydrogen-bond acceptors (Lipinski definition) is 5. The summed E-state index contributed by atoms with van der Waals surface area (Å²) in [4.78, 5) is 16.4. The normalized spacial score (nSPS) is 12.2. The second-order valence-electron chi connectivity index (χ2n) is 9.05. The number of aromatic nitrogens is 1. The van der Waals surface area contributed by atoms with Crippen molar-refractivity contribution in [1.82, 2.24) is 4.98 Å². The largest absolute Gasteiger partial charge is 0.493 e. The lowest BCUT2D eigenvalue weighted by molar-refractivity contribution is -0.138. The Morgan fingerprint density at radius 2 is 1.88 bits per heavy atom. The summed E-state index contributed by atoms with van der Waals surface area (Å²) in [5.41, 5.74) is 2.73. The summed E-state index contributed by atoms with van der Waals surface area (Å²) in [6.45, 7) is 7.95. The summed E-state index contributed by atoms with van der Waals surface area (Å²) in [5.74, 6) is 0.537. The van der Waals surface area contributed by atoms with Crippen LogP contribution < -0.4 is 9.47 Å². The number of allylic oxidation sites excluding steroid dienone is 1. The molecule has 0 saturated heterocycles. The Kier molecular flexibility index (Phi) is 10.9. The highest BCUT2D eigenvalue weighted by molar-refractivity contribution is 5.87. The summed E-state index contributed by atoms with van der Waals surface area (Å²) in [6, 6.07) is 12.3. The summed E-state index contributed by atoms with van der Waals surface area (Å²) >= 11 is 0. The average molecular weight is 554 g/mol. The molecule has 2 aromatic carbocycles. The number of nitrogens with zero attached hydrogens (tertiary/aromatic N) is 1. The van der Waals surface area contributed by atoms with Crippen molar-refractivity contribution in [2.24, 2.45) is 0 Å². The minimum atomic E-state index is -4.42. The molecule has 0 fully saturated rings. The van der Waals surface area contributed by atoms with E-state index in [1.807, 2.05) is 12.1 Å². The molecule has 8 heteroatoms. The Morgan fingerprint density at radius 1 is 1.12 bits per heavy atom. The molecule has 0 aliphatic heterocycles. The topological polar surface area (TPSA) is 57.7 Å². The van der Waals surface area contributed by atoms with E-state index in [-0.39, 0.29) is 6.61 Å². The monoisotopic (exact) mass is 553 g/mol. The van der Waals surface area contributed by atoms with Crippen LogP contribution in [0.25, 0.3) is 17.2 Å². The van der Waals surface area contributed by atoms with E-state index in [0.717, 1.165) is 36.1 Å². The minimum absolute atomic E-state index is 0.280. The summed E-state index contributed by atoms with van der Waals surface area (Å²) in [5, 5.41) is 0. The highest BCUT2D eigenvalue weighted by Crippen LogP contribution is 2.40. The first kappa shape index (κ1) is 30.5. The van der Waals surface area contributed by atoms with E-state index in [2.05, 4.69) is 18.5 Å². The number of pyridine rings is 1. The third-order valence-electron chi connectivity index (χ3n) is 6.18. The van der Waals surface area contributed by atoms with Gasteiger partial charge in [0.05, 0.1) is 25.0 Å². The molecule has 0 aliphatic carbocycles. The van der Waals surface area contributed by atoms with Crippen molar-refractivity contribution in [3.8, 4) is 22.6 Å². The van der Waals surface area contributed by atoms with Gasteiger partial charge in [0.1, 0.15) is 6.10 Å². The quantitative estimate of drug-likeness (QED) is 0.121. The van der Waals surface area contributed by atoms with Gasteiger partial charge in [-0.1, -0.05) is 37.6 Å². The molecule has 0 unspecified atom stereocenters. The zero-order valence-corrected chi connectivity index (χ0v) is 23.0. The van der Waals surface area contributed by atoms with Gasteiger partial charge in [-0.05, 0) is 73.7 Å². The fourth-order valence-corrected chi connectivity index (χ4v) is 4.27. The highest BCUT2D eigenvalue weighted by Gasteiger charge is 2.30. The van der Waals surface area contributed by atoms with Crippen molar-refractivity contribution >= 4 is 12.0 Å². The Morgan fingerprint density at radius 3 is 2.50 bits per heavy atom. The van der Waals surface area contributed by atoms with E-state index in [0.29, 0.717) is 41.2 Å². The Labute approximate surface area is 233 Å². The van der Waals surface area contributed by atoms with Gasteiger partial charge in [-0.15, -0.1) is 6.58 Å². The Bertz CT molecular complexity index is 1320. The van der Waals surface area contributed by atoms with E-state index in [1.54, 1.807) is 37.4 Å². The molecule has 0 spiro atoms. The van der Waals surface area contributed by atoms with Gasteiger partial charge in [0.15, 0.2) is 11.5 Å². The molecular formula is C32H34F3NO4. The fraction of sp³-hybridized carbons (Fsp3) is 0.312. The number of hydrogen-bond donors (Lipinski definition) is 0. The number of methoxy groups -OCH3 is 1. The van der Waals surface area contributed by atoms with Crippen LogP contribution in [-0.2, 0) is 22.1 Å². The number of halogens is 3. The van der Waals surface area contributed by atoms with Gasteiger partial charge in [0.25, 0.3) is 0 Å². The first-order valence-electron chi connectivity index (χ1n) is 13.2. The molecule has 0 bridgehead atoms. The number of esters is 1. The number of alkyl halides is 3. The number of ether oxygens (including phenoxy) is 3. The lowest BCUT2D eigenvalue weighted by atomic mass is 9.97. The number of unbranched alkanes of at least 4 members (excludes halogenated alkanes) is 1. The van der Waals surface area contributed by atoms with Crippen LogP contribution in [0.3, 0.4) is 0 Å². The van der Waals surface area contributed by atoms with Crippen LogP contribution >= 0.6 is 0 Å². The van der Waals surface area contributed by atoms with Crippen LogP contribution in [0, 0.1) is 0 Å². The summed E-state index contributed by atoms with van der Waals surface area (Å²) < 4.78 is 56.8. The smallest absolute Gasteiger partial charge is 0.416 e. The number of benzene rings is 2. The molecule has 1 atom stereocenters. The number of carbonyl (C=O) groups is 1. The van der Waals surface area contributed by atoms with Crippen LogP contribution in [0.15, 0.2) is 73.5 Å². The lowest BCUT2D eigenvalue weighted by Crippen LogP contribution is -2.13. The van der Waals surface area contributed by atoms with Crippen LogP contribution in [0.2, 0.25) is 0 Å². The van der Waals surface area contributed by atoms with E-state index in [1.165, 1.54) is 25.3 Å². The summed E-state index contributed by atoms with van der Waals surface area (Å²) in [7, 11) is 1.54. The van der Waals surface area contributed by atoms with Gasteiger partial charge in [0, 0.05) is 23.4 Å². The standard InChI is InChI=1S/C32H34F3NO4/c1-5-8-12-27(30-26(11-9-19-36-30)23-14-16-25(17-15-23)32(33,34)35)40-31-24(10-6-2)20-22(21-28(31)38-4)13-18-29(37)39-7-3/h6,9,11,13-21,27H,2,5,7-8,10,12H2,1,3-4H3/t27-/m0/s1. The van der Waals surface area contributed by atoms with Crippen LogP contribution in [0.1, 0.15) is 61.6 Å². The molecule has 5 nitrogen and oxygen atoms in total. The first-order chi connectivity index (χ1) is 19.2. The molecule has 0 N–H and O–H groups in total. The van der Waals surface area contributed by atoms with E-state index < -0.39 is 23.8 Å². The Hall–Kier alpha value is -4.07. The molecule has 3 aromatic rings. The third kappa shape index (κ3) is 7.97. The van der Waals surface area contributed by atoms with Gasteiger partial charge in [-0.3, -0.25) is 4.98 Å². The molecule has 3 rings (SSSR count). The molecule has 40 heavy (non-hydrogen) atoms. The van der Waals surface area contributed by atoms with Gasteiger partial charge in [-0.2, -0.15) is 13.2 Å². The zero-order valence-electron chi connectivity index (χ0n) is 23.0. The van der Waals surface area contributed by atoms with Crippen molar-refractivity contribution in [2.45, 2.75) is 51.8 Å². The fourth-order valence-electron chi connectivity index (χ4n) is 4.27. The number of rotatable bonds is 13. The van der Waals surface area contributed by atoms with Crippen molar-refractivity contribution in [3.63, 3.8) is 0 Å². The van der Waals surface area contributed by atoms with Gasteiger partial charge in [-0.25, -0.2) is 4.79 Å². The van der Waals surface area contributed by atoms with Crippen LogP contribution in [-0.4, -0.2) is 24.7 Å². The Balaban J connectivity index is 2.05. The van der Waals surface area contributed by atoms with E-state index >= 15 is 0 Å². The van der Waals surface area contributed by atoms with Crippen molar-refractivity contribution in [2.75, 3.05) is 13.7 Å². The molecule has 1 heterocycles. The second-order valence-corrected chi connectivity index (χ2v) is 9.05. The minimum Gasteiger partial charge on any atom is -0.493 e. The average Bonchev–Trinajstić information content (AvgIpc) is 2.94. The SMILES string of the molecule is C=CCc1cc(C=CC(=O)OCC)cc(OC)c1O[C@@H](CCCC)c1ncccc1-c1ccc(C(F)(F)F)cc1. The maximum absolute atomic E-state index is 13.2. The lowest BCUT2D eigenvalue weighted by Gasteiger charge is -2.24. The molecule has 0 saturated carbocycles. The number of carbonyl (C=O) groups excluding carboxylic acids is 1. The summed E-state index contributed by atoms with van der Waals surface area (Å²) in [6.07, 6.45) is 4.33. The molecule has 212 valence electrons. The van der Waals surface area contributed by atoms with Gasteiger partial charge >= 0.3 is 12.1 Å². The van der Waals surface area contributed by atoms with E-state index in [4.69, 9.17) is 14.2 Å². The third-order valence-corrected chi connectivity index (χ3v) is 6.18. The van der Waals surface area contributed by atoms with Crippen molar-refractivity contribution < 1.29 is 32.2 Å². The first-order valence-corrected chi connectivity index (χ1v) is 13.2. The highest BCUT2D eigenvalue weighted by atomic mass is 19.4. The van der Waals surface area contributed by atoms with E-state index in [9.17, 15) is 18.0 Å². The molecule has 0 radical (unpaired) electrons. The zero-order chi connectivity index (χ0) is 29.1. The maximum Gasteiger partial charge on any atom is 0.416 e. The van der Waals surface area contributed by atoms with Crippen molar-refractivity contribution in [1.29, 1.82) is 0 Å². The molecular weight excluding hydrogens is 519 g/mol. The molecule has 0 aliphatic rings. The van der Waals surface area contributed by atoms with Gasteiger partial charge in [0.2, 0.25) is 0 Å². The van der Waals surface area contributed by atoms with Gasteiger partial charge < -0.3 is 14.2 Å². The van der Waals surface area contributed by atoms with Crippen LogP contribution in [0.4, 0.5) is 13.2 Å². The molecule has 0 amide bonds. The maximum atomic E-state index is 13.2. The molecule has 1 aromatic heterocycles. The predicted molar refractivity (Wildman–Crippen MR) is 150 cm³/mol. The predicted octanol–water partition coefficient (Wildman–Crippen LogP) is 8.39. The van der Waals surface area contributed by atoms with Crippen molar-refractivity contribution in [3.05, 3.63) is 95.8 Å².